The summed E-state index contributed by atoms with van der Waals surface area (Å²) in [5.74, 6) is -1.90. The summed E-state index contributed by atoms with van der Waals surface area (Å²) in [5, 5.41) is 25.6. The summed E-state index contributed by atoms with van der Waals surface area (Å²) in [4.78, 5) is 20.2. The molecule has 0 rings (SSSR count). The summed E-state index contributed by atoms with van der Waals surface area (Å²) in [6.07, 6.45) is 0.311. The van der Waals surface area contributed by atoms with Gasteiger partial charge in [0.2, 0.25) is 0 Å². The Kier molecular flexibility index (Phi) is 5.88. The quantitative estimate of drug-likeness (QED) is 0.507. The molecule has 0 fully saturated rings. The molecule has 13 heavy (non-hydrogen) atoms. The van der Waals surface area contributed by atoms with Crippen LogP contribution in [-0.4, -0.2) is 33.4 Å². The summed E-state index contributed by atoms with van der Waals surface area (Å²) in [6.45, 7) is 0. The highest BCUT2D eigenvalue weighted by Gasteiger charge is 2.08. The van der Waals surface area contributed by atoms with Crippen molar-refractivity contribution >= 4 is 11.9 Å². The van der Waals surface area contributed by atoms with E-state index in [1.54, 1.807) is 0 Å². The fraction of sp³-hybridized carbons (Fsp3) is 0.750. The molecule has 0 saturated carbocycles. The van der Waals surface area contributed by atoms with Gasteiger partial charge >= 0.3 is 11.9 Å². The molecule has 0 aliphatic carbocycles. The zero-order chi connectivity index (χ0) is 10.3. The number of hydrogen-bond acceptors (Lipinski definition) is 3. The molecule has 76 valence electrons. The Hall–Kier alpha value is -1.10. The Morgan fingerprint density at radius 3 is 2.15 bits per heavy atom. The van der Waals surface area contributed by atoms with E-state index in [1.807, 2.05) is 0 Å². The van der Waals surface area contributed by atoms with Crippen molar-refractivity contribution in [2.75, 3.05) is 0 Å². The topological polar surface area (TPSA) is 94.8 Å². The number of unbranched alkanes of at least 4 members (excludes halogenated alkanes) is 1. The second-order valence-electron chi connectivity index (χ2n) is 2.89. The standard InChI is InChI=1S/C8H14O5/c9-6(5-8(12)13)3-1-2-4-7(10)11/h6,9H,1-5H2,(H,10,11)(H,12,13)/t6-/m1/s1. The number of carboxylic acid groups (broad SMARTS) is 2. The van der Waals surface area contributed by atoms with Crippen LogP contribution in [0.25, 0.3) is 0 Å². The van der Waals surface area contributed by atoms with Gasteiger partial charge in [-0.15, -0.1) is 0 Å². The number of carboxylic acids is 2. The van der Waals surface area contributed by atoms with Gasteiger partial charge in [-0.05, 0) is 12.8 Å². The first kappa shape index (κ1) is 11.9. The van der Waals surface area contributed by atoms with Crippen LogP contribution in [0.15, 0.2) is 0 Å². The molecule has 0 bridgehead atoms. The predicted molar refractivity (Wildman–Crippen MR) is 44.4 cm³/mol. The van der Waals surface area contributed by atoms with Crippen LogP contribution < -0.4 is 0 Å². The van der Waals surface area contributed by atoms with E-state index in [1.165, 1.54) is 0 Å². The van der Waals surface area contributed by atoms with Gasteiger partial charge in [0.1, 0.15) is 0 Å². The van der Waals surface area contributed by atoms with Crippen LogP contribution in [0.2, 0.25) is 0 Å². The molecule has 0 heterocycles. The number of hydrogen-bond donors (Lipinski definition) is 3. The first-order chi connectivity index (χ1) is 6.02. The fourth-order valence-corrected chi connectivity index (χ4v) is 0.960. The molecule has 5 heteroatoms. The summed E-state index contributed by atoms with van der Waals surface area (Å²) in [7, 11) is 0. The van der Waals surface area contributed by atoms with Crippen molar-refractivity contribution in [3.8, 4) is 0 Å². The van der Waals surface area contributed by atoms with Crippen LogP contribution in [0.1, 0.15) is 32.1 Å². The normalized spacial score (nSPS) is 12.4. The fourth-order valence-electron chi connectivity index (χ4n) is 0.960. The van der Waals surface area contributed by atoms with Crippen LogP contribution in [0, 0.1) is 0 Å². The highest BCUT2D eigenvalue weighted by Crippen LogP contribution is 2.06. The average Bonchev–Trinajstić information content (AvgIpc) is 1.96. The van der Waals surface area contributed by atoms with Gasteiger partial charge in [0.05, 0.1) is 12.5 Å². The Bertz CT molecular complexity index is 177. The van der Waals surface area contributed by atoms with Crippen molar-refractivity contribution in [1.82, 2.24) is 0 Å². The Labute approximate surface area is 76.0 Å². The van der Waals surface area contributed by atoms with E-state index in [4.69, 9.17) is 15.3 Å². The molecule has 5 nitrogen and oxygen atoms in total. The Morgan fingerprint density at radius 1 is 1.08 bits per heavy atom. The number of rotatable bonds is 7. The summed E-state index contributed by atoms with van der Waals surface area (Å²) >= 11 is 0. The summed E-state index contributed by atoms with van der Waals surface area (Å²) in [6, 6.07) is 0. The molecule has 0 unspecified atom stereocenters. The Balaban J connectivity index is 3.31. The molecule has 0 radical (unpaired) electrons. The van der Waals surface area contributed by atoms with Crippen LogP contribution in [0.4, 0.5) is 0 Å². The van der Waals surface area contributed by atoms with E-state index < -0.39 is 18.0 Å². The van der Waals surface area contributed by atoms with E-state index in [2.05, 4.69) is 0 Å². The molecule has 0 aliphatic rings. The van der Waals surface area contributed by atoms with Crippen molar-refractivity contribution in [1.29, 1.82) is 0 Å². The maximum Gasteiger partial charge on any atom is 0.305 e. The largest absolute Gasteiger partial charge is 0.481 e. The van der Waals surface area contributed by atoms with Gasteiger partial charge in [-0.25, -0.2) is 0 Å². The minimum Gasteiger partial charge on any atom is -0.481 e. The maximum atomic E-state index is 10.1. The molecule has 3 N–H and O–H groups in total. The predicted octanol–water partition coefficient (Wildman–Crippen LogP) is 0.467. The molecular formula is C8H14O5. The number of carbonyl (C=O) groups is 2. The van der Waals surface area contributed by atoms with E-state index >= 15 is 0 Å². The van der Waals surface area contributed by atoms with Crippen LogP contribution in [0.3, 0.4) is 0 Å². The second kappa shape index (κ2) is 6.42. The first-order valence-electron chi connectivity index (χ1n) is 4.14. The van der Waals surface area contributed by atoms with Crippen molar-refractivity contribution in [3.63, 3.8) is 0 Å². The van der Waals surface area contributed by atoms with Crippen LogP contribution in [0.5, 0.6) is 0 Å². The van der Waals surface area contributed by atoms with Crippen LogP contribution >= 0.6 is 0 Å². The number of aliphatic hydroxyl groups is 1. The van der Waals surface area contributed by atoms with Crippen LogP contribution in [-0.2, 0) is 9.59 Å². The van der Waals surface area contributed by atoms with E-state index in [9.17, 15) is 9.59 Å². The lowest BCUT2D eigenvalue weighted by atomic mass is 10.1. The average molecular weight is 190 g/mol. The number of aliphatic carboxylic acids is 2. The minimum absolute atomic E-state index is 0.0692. The first-order valence-corrected chi connectivity index (χ1v) is 4.14. The molecule has 0 aromatic heterocycles. The molecule has 0 aromatic carbocycles. The molecule has 0 saturated heterocycles. The highest BCUT2D eigenvalue weighted by molar-refractivity contribution is 5.67. The lowest BCUT2D eigenvalue weighted by Crippen LogP contribution is -2.12. The highest BCUT2D eigenvalue weighted by atomic mass is 16.4. The zero-order valence-electron chi connectivity index (χ0n) is 7.27. The van der Waals surface area contributed by atoms with E-state index in [0.717, 1.165) is 0 Å². The molecule has 0 aliphatic heterocycles. The third-order valence-electron chi connectivity index (χ3n) is 1.59. The SMILES string of the molecule is O=C(O)CCCC[C@@H](O)CC(=O)O. The smallest absolute Gasteiger partial charge is 0.305 e. The molecular weight excluding hydrogens is 176 g/mol. The van der Waals surface area contributed by atoms with Crippen molar-refractivity contribution in [2.45, 2.75) is 38.2 Å². The van der Waals surface area contributed by atoms with E-state index in [0.29, 0.717) is 19.3 Å². The summed E-state index contributed by atoms with van der Waals surface area (Å²) < 4.78 is 0. The third-order valence-corrected chi connectivity index (χ3v) is 1.59. The van der Waals surface area contributed by atoms with Gasteiger partial charge in [0.25, 0.3) is 0 Å². The van der Waals surface area contributed by atoms with Gasteiger partial charge < -0.3 is 15.3 Å². The zero-order valence-corrected chi connectivity index (χ0v) is 7.27. The monoisotopic (exact) mass is 190 g/mol. The number of aliphatic hydroxyl groups excluding tert-OH is 1. The lowest BCUT2D eigenvalue weighted by molar-refractivity contribution is -0.140. The molecule has 0 amide bonds. The van der Waals surface area contributed by atoms with E-state index in [-0.39, 0.29) is 12.8 Å². The van der Waals surface area contributed by atoms with Gasteiger partial charge in [-0.1, -0.05) is 6.42 Å². The lowest BCUT2D eigenvalue weighted by Gasteiger charge is -2.05. The minimum atomic E-state index is -1.04. The Morgan fingerprint density at radius 2 is 1.69 bits per heavy atom. The molecule has 0 aromatic rings. The maximum absolute atomic E-state index is 10.1. The molecule has 0 spiro atoms. The van der Waals surface area contributed by atoms with Gasteiger partial charge in [0, 0.05) is 6.42 Å². The van der Waals surface area contributed by atoms with Crippen molar-refractivity contribution < 1.29 is 24.9 Å². The van der Waals surface area contributed by atoms with Gasteiger partial charge in [-0.2, -0.15) is 0 Å². The van der Waals surface area contributed by atoms with Gasteiger partial charge in [-0.3, -0.25) is 9.59 Å². The van der Waals surface area contributed by atoms with Crippen molar-refractivity contribution in [2.24, 2.45) is 0 Å². The summed E-state index contributed by atoms with van der Waals surface area (Å²) in [5.41, 5.74) is 0. The molecule has 1 atom stereocenters. The van der Waals surface area contributed by atoms with Crippen molar-refractivity contribution in [3.05, 3.63) is 0 Å². The second-order valence-corrected chi connectivity index (χ2v) is 2.89. The third kappa shape index (κ3) is 8.81. The van der Waals surface area contributed by atoms with Gasteiger partial charge in [0.15, 0.2) is 0 Å².